The first kappa shape index (κ1) is 41.4. The molecule has 1 aliphatic heterocycles. The lowest BCUT2D eigenvalue weighted by molar-refractivity contribution is -0.132. The van der Waals surface area contributed by atoms with Crippen molar-refractivity contribution in [2.45, 2.75) is 76.7 Å². The lowest BCUT2D eigenvalue weighted by atomic mass is 9.67. The zero-order valence-corrected chi connectivity index (χ0v) is 33.8. The van der Waals surface area contributed by atoms with Crippen molar-refractivity contribution in [1.82, 2.24) is 10.2 Å². The molecule has 280 valence electrons. The highest BCUT2D eigenvalue weighted by Gasteiger charge is 2.41. The van der Waals surface area contributed by atoms with Gasteiger partial charge in [0.05, 0.1) is 41.7 Å². The van der Waals surface area contributed by atoms with E-state index in [1.165, 1.54) is 0 Å². The molecule has 1 fully saturated rings. The number of piperidine rings is 1. The molecule has 0 saturated carbocycles. The van der Waals surface area contributed by atoms with E-state index >= 15 is 0 Å². The highest BCUT2D eigenvalue weighted by molar-refractivity contribution is 9.09. The molecule has 0 spiro atoms. The van der Waals surface area contributed by atoms with Gasteiger partial charge in [-0.25, -0.2) is 4.79 Å². The van der Waals surface area contributed by atoms with Crippen molar-refractivity contribution in [3.05, 3.63) is 35.4 Å². The van der Waals surface area contributed by atoms with Gasteiger partial charge >= 0.3 is 6.09 Å². The molecule has 1 heterocycles. The molecule has 1 saturated heterocycles. The zero-order valence-electron chi connectivity index (χ0n) is 30.6. The van der Waals surface area contributed by atoms with E-state index in [2.05, 4.69) is 37.2 Å². The average Bonchev–Trinajstić information content (AvgIpc) is 3.10. The number of nitrogens with zero attached hydrogens (tertiary/aromatic N) is 1. The molecule has 2 aromatic carbocycles. The molecule has 1 aliphatic rings. The molecule has 3 rings (SSSR count). The van der Waals surface area contributed by atoms with Crippen molar-refractivity contribution in [2.24, 2.45) is 0 Å². The summed E-state index contributed by atoms with van der Waals surface area (Å²) < 4.78 is 41.2. The van der Waals surface area contributed by atoms with Crippen molar-refractivity contribution in [1.29, 1.82) is 0 Å². The summed E-state index contributed by atoms with van der Waals surface area (Å²) in [5.41, 5.74) is 0.701. The Morgan fingerprint density at radius 2 is 1.16 bits per heavy atom. The number of carbonyl (C=O) groups is 2. The van der Waals surface area contributed by atoms with Gasteiger partial charge in [0.15, 0.2) is 23.0 Å². The molecule has 1 N–H and O–H groups in total. The number of hydrogen-bond donors (Lipinski definition) is 1. The van der Waals surface area contributed by atoms with Gasteiger partial charge in [0, 0.05) is 42.1 Å². The topological polar surface area (TPSA) is 114 Å². The number of unbranched alkanes of at least 4 members (excludes halogenated alkanes) is 2. The van der Waals surface area contributed by atoms with Crippen LogP contribution in [0.5, 0.6) is 34.5 Å². The second kappa shape index (κ2) is 20.1. The fourth-order valence-corrected chi connectivity index (χ4v) is 6.76. The number of benzene rings is 2. The van der Waals surface area contributed by atoms with Crippen LogP contribution in [-0.2, 0) is 14.9 Å². The van der Waals surface area contributed by atoms with Crippen LogP contribution in [0, 0.1) is 0 Å². The lowest BCUT2D eigenvalue weighted by Crippen LogP contribution is -2.46. The zero-order chi connectivity index (χ0) is 36.7. The Labute approximate surface area is 314 Å². The van der Waals surface area contributed by atoms with Crippen LogP contribution in [0.2, 0.25) is 0 Å². The van der Waals surface area contributed by atoms with Gasteiger partial charge in [0.2, 0.25) is 17.4 Å². The van der Waals surface area contributed by atoms with Crippen molar-refractivity contribution < 1.29 is 42.7 Å². The fraction of sp³-hybridized carbons (Fsp3) is 0.622. The summed E-state index contributed by atoms with van der Waals surface area (Å²) in [4.78, 5) is 27.3. The predicted octanol–water partition coefficient (Wildman–Crippen LogP) is 7.65. The van der Waals surface area contributed by atoms with Crippen molar-refractivity contribution in [3.8, 4) is 34.5 Å². The highest BCUT2D eigenvalue weighted by atomic mass is 79.9. The van der Waals surface area contributed by atoms with Crippen LogP contribution in [0.3, 0.4) is 0 Å². The molecule has 0 radical (unpaired) electrons. The minimum atomic E-state index is -0.615. The molecule has 0 aliphatic carbocycles. The second-order valence-corrected chi connectivity index (χ2v) is 14.6. The standard InChI is InChI=1S/C37H54Br2N2O9/c1-36(2,3)50-35(43)40-17-12-32(42)41-18-13-37(14-19-41,26-22-28(44-4)33(29(23-26)45-5)48-20-10-8-15-38)27-24-30(46-6)34(31(25-27)47-7)49-21-11-9-16-39/h22-25H,8-21H2,1-7H3,(H,40,43). The minimum absolute atomic E-state index is 0.0422. The van der Waals surface area contributed by atoms with Gasteiger partial charge in [0.25, 0.3) is 0 Å². The monoisotopic (exact) mass is 828 g/mol. The first-order valence-corrected chi connectivity index (χ1v) is 19.4. The summed E-state index contributed by atoms with van der Waals surface area (Å²) in [6.45, 7) is 7.59. The minimum Gasteiger partial charge on any atom is -0.493 e. The number of carbonyl (C=O) groups excluding carboxylic acids is 2. The third kappa shape index (κ3) is 11.2. The number of methoxy groups -OCH3 is 4. The van der Waals surface area contributed by atoms with E-state index in [1.54, 1.807) is 49.2 Å². The number of hydrogen-bond acceptors (Lipinski definition) is 9. The Hall–Kier alpha value is -3.06. The first-order chi connectivity index (χ1) is 24.0. The van der Waals surface area contributed by atoms with Crippen LogP contribution in [0.15, 0.2) is 24.3 Å². The molecule has 2 aromatic rings. The Balaban J connectivity index is 2.01. The molecular formula is C37H54Br2N2O9. The molecule has 50 heavy (non-hydrogen) atoms. The molecule has 13 heteroatoms. The number of halogens is 2. The Bertz CT molecular complexity index is 1270. The van der Waals surface area contributed by atoms with E-state index in [4.69, 9.17) is 33.2 Å². The molecule has 11 nitrogen and oxygen atoms in total. The number of rotatable bonds is 19. The Morgan fingerprint density at radius 3 is 1.52 bits per heavy atom. The SMILES string of the molecule is COc1cc(C2(c3cc(OC)c(OCCCCBr)c(OC)c3)CCN(C(=O)CCNC(=O)OC(C)(C)C)CC2)cc(OC)c1OCCCCBr. The van der Waals surface area contributed by atoms with E-state index in [9.17, 15) is 9.59 Å². The number of ether oxygens (including phenoxy) is 7. The van der Waals surface area contributed by atoms with Crippen LogP contribution >= 0.6 is 31.9 Å². The van der Waals surface area contributed by atoms with Crippen molar-refractivity contribution in [3.63, 3.8) is 0 Å². The number of nitrogens with one attached hydrogen (secondary N) is 1. The van der Waals surface area contributed by atoms with Crippen molar-refractivity contribution >= 4 is 43.9 Å². The van der Waals surface area contributed by atoms with Gasteiger partial charge in [-0.2, -0.15) is 0 Å². The van der Waals surface area contributed by atoms with Crippen molar-refractivity contribution in [2.75, 3.05) is 71.9 Å². The highest BCUT2D eigenvalue weighted by Crippen LogP contribution is 2.51. The fourth-order valence-electron chi connectivity index (χ4n) is 5.96. The van der Waals surface area contributed by atoms with Crippen LogP contribution in [0.4, 0.5) is 4.79 Å². The Morgan fingerprint density at radius 1 is 0.740 bits per heavy atom. The van der Waals surface area contributed by atoms with Gasteiger partial charge in [-0.15, -0.1) is 0 Å². The first-order valence-electron chi connectivity index (χ1n) is 17.1. The van der Waals surface area contributed by atoms with E-state index in [0.29, 0.717) is 73.6 Å². The third-order valence-electron chi connectivity index (χ3n) is 8.55. The smallest absolute Gasteiger partial charge is 0.407 e. The number of amides is 2. The summed E-state index contributed by atoms with van der Waals surface area (Å²) >= 11 is 6.96. The number of alkyl halides is 2. The molecular weight excluding hydrogens is 776 g/mol. The Kier molecular flexibility index (Phi) is 16.6. The van der Waals surface area contributed by atoms with Crippen LogP contribution in [0.25, 0.3) is 0 Å². The maximum Gasteiger partial charge on any atom is 0.407 e. The number of alkyl carbamates (subject to hydrolysis) is 1. The predicted molar refractivity (Wildman–Crippen MR) is 202 cm³/mol. The maximum atomic E-state index is 13.3. The van der Waals surface area contributed by atoms with Crippen LogP contribution in [0.1, 0.15) is 76.8 Å². The van der Waals surface area contributed by atoms with Crippen LogP contribution in [-0.4, -0.2) is 94.4 Å². The van der Waals surface area contributed by atoms with Gasteiger partial charge in [-0.1, -0.05) is 31.9 Å². The molecule has 0 aromatic heterocycles. The molecule has 2 amide bonds. The average molecular weight is 831 g/mol. The molecule has 0 atom stereocenters. The third-order valence-corrected chi connectivity index (χ3v) is 9.67. The largest absolute Gasteiger partial charge is 0.493 e. The maximum absolute atomic E-state index is 13.3. The lowest BCUT2D eigenvalue weighted by Gasteiger charge is -2.43. The summed E-state index contributed by atoms with van der Waals surface area (Å²) in [6, 6.07) is 8.03. The second-order valence-electron chi connectivity index (χ2n) is 13.1. The van der Waals surface area contributed by atoms with Gasteiger partial charge in [0.1, 0.15) is 5.60 Å². The van der Waals surface area contributed by atoms with Gasteiger partial charge in [-0.3, -0.25) is 4.79 Å². The number of likely N-dealkylation sites (tertiary alicyclic amines) is 1. The normalized spacial score (nSPS) is 14.1. The summed E-state index contributed by atoms with van der Waals surface area (Å²) in [7, 11) is 6.49. The summed E-state index contributed by atoms with van der Waals surface area (Å²) in [6.07, 6.45) is 4.53. The molecule has 0 bridgehead atoms. The van der Waals surface area contributed by atoms with E-state index in [-0.39, 0.29) is 18.9 Å². The summed E-state index contributed by atoms with van der Waals surface area (Å²) in [5, 5.41) is 4.49. The quantitative estimate of drug-likeness (QED) is 0.113. The van der Waals surface area contributed by atoms with E-state index in [1.807, 2.05) is 29.2 Å². The van der Waals surface area contributed by atoms with Crippen LogP contribution < -0.4 is 33.7 Å². The van der Waals surface area contributed by atoms with E-state index in [0.717, 1.165) is 47.5 Å². The summed E-state index contributed by atoms with van der Waals surface area (Å²) in [5.74, 6) is 3.32. The van der Waals surface area contributed by atoms with E-state index < -0.39 is 17.1 Å². The van der Waals surface area contributed by atoms with Gasteiger partial charge in [-0.05, 0) is 94.7 Å². The van der Waals surface area contributed by atoms with Gasteiger partial charge < -0.3 is 43.4 Å². The molecule has 0 unspecified atom stereocenters.